The van der Waals surface area contributed by atoms with Gasteiger partial charge in [0.05, 0.1) is 20.3 Å². The Bertz CT molecular complexity index is 1080. The molecule has 2 aliphatic rings. The van der Waals surface area contributed by atoms with Crippen LogP contribution < -0.4 is 4.74 Å². The van der Waals surface area contributed by atoms with Gasteiger partial charge in [-0.2, -0.15) is 26.3 Å². The molecular formula is C25H29F6N3O6. The van der Waals surface area contributed by atoms with Crippen molar-refractivity contribution in [3.05, 3.63) is 54.0 Å². The maximum Gasteiger partial charge on any atom is 0.490 e. The second kappa shape index (κ2) is 14.3. The number of nitrogens with zero attached hydrogens (tertiary/aromatic N) is 3. The molecule has 2 N–H and O–H groups in total. The number of carboxylic acid groups (broad SMARTS) is 2. The van der Waals surface area contributed by atoms with E-state index in [2.05, 4.69) is 27.0 Å². The highest BCUT2D eigenvalue weighted by Gasteiger charge is 2.49. The molecule has 1 aliphatic heterocycles. The second-order valence-electron chi connectivity index (χ2n) is 9.25. The van der Waals surface area contributed by atoms with E-state index in [1.807, 2.05) is 18.3 Å². The summed E-state index contributed by atoms with van der Waals surface area (Å²) in [6.45, 7) is 4.64. The Kier molecular flexibility index (Phi) is 11.7. The zero-order chi connectivity index (χ0) is 30.0. The van der Waals surface area contributed by atoms with Crippen molar-refractivity contribution in [2.75, 3.05) is 26.8 Å². The molecule has 222 valence electrons. The third kappa shape index (κ3) is 9.93. The fourth-order valence-corrected chi connectivity index (χ4v) is 4.71. The molecule has 2 atom stereocenters. The first-order valence-electron chi connectivity index (χ1n) is 11.9. The Morgan fingerprint density at radius 1 is 1.07 bits per heavy atom. The highest BCUT2D eigenvalue weighted by atomic mass is 19.4. The summed E-state index contributed by atoms with van der Waals surface area (Å²) in [7, 11) is 1.69. The molecule has 0 radical (unpaired) electrons. The van der Waals surface area contributed by atoms with Crippen LogP contribution in [0.2, 0.25) is 0 Å². The van der Waals surface area contributed by atoms with Crippen LogP contribution in [0.3, 0.4) is 0 Å². The van der Waals surface area contributed by atoms with E-state index in [4.69, 9.17) is 29.3 Å². The van der Waals surface area contributed by atoms with Crippen molar-refractivity contribution in [2.45, 2.75) is 44.8 Å². The first-order valence-corrected chi connectivity index (χ1v) is 11.9. The highest BCUT2D eigenvalue weighted by Crippen LogP contribution is 2.49. The van der Waals surface area contributed by atoms with Crippen molar-refractivity contribution in [3.63, 3.8) is 0 Å². The summed E-state index contributed by atoms with van der Waals surface area (Å²) in [5.41, 5.74) is 2.62. The SMILES string of the molecule is COc1ncccc1CN1C[C@H]2CCC[C@@]2(COCc2cccnc2)C1.O=C(O)C(F)(F)F.O=C(O)C(F)(F)F. The van der Waals surface area contributed by atoms with Gasteiger partial charge in [-0.3, -0.25) is 9.88 Å². The lowest BCUT2D eigenvalue weighted by Crippen LogP contribution is -2.32. The van der Waals surface area contributed by atoms with Crippen LogP contribution in [0.1, 0.15) is 30.4 Å². The molecule has 0 amide bonds. The number of halogens is 6. The number of aromatic nitrogens is 2. The van der Waals surface area contributed by atoms with Gasteiger partial charge in [0.2, 0.25) is 5.88 Å². The van der Waals surface area contributed by atoms with Gasteiger partial charge in [-0.15, -0.1) is 0 Å². The van der Waals surface area contributed by atoms with E-state index >= 15 is 0 Å². The number of likely N-dealkylation sites (tertiary alicyclic amines) is 1. The standard InChI is InChI=1S/C21H27N3O2.2C2HF3O2/c1-25-20-18(6-4-10-23-20)12-24-13-19-7-2-8-21(19,15-24)16-26-14-17-5-3-9-22-11-17;2*3-2(4,5)1(6)7/h3-6,9-11,19H,2,7-8,12-16H2,1H3;2*(H,6,7)/t19-,21+;;/m1../s1. The van der Waals surface area contributed by atoms with Crippen molar-refractivity contribution in [1.29, 1.82) is 0 Å². The van der Waals surface area contributed by atoms with E-state index in [9.17, 15) is 26.3 Å². The third-order valence-electron chi connectivity index (χ3n) is 6.41. The molecule has 40 heavy (non-hydrogen) atoms. The number of hydrogen-bond acceptors (Lipinski definition) is 7. The number of hydrogen-bond donors (Lipinski definition) is 2. The Balaban J connectivity index is 0.000000333. The first kappa shape index (κ1) is 32.8. The number of fused-ring (bicyclic) bond motifs is 1. The van der Waals surface area contributed by atoms with Gasteiger partial charge in [0, 0.05) is 49.2 Å². The van der Waals surface area contributed by atoms with Crippen molar-refractivity contribution in [3.8, 4) is 5.88 Å². The normalized spacial score (nSPS) is 20.4. The van der Waals surface area contributed by atoms with Crippen molar-refractivity contribution in [1.82, 2.24) is 14.9 Å². The van der Waals surface area contributed by atoms with Crippen molar-refractivity contribution >= 4 is 11.9 Å². The zero-order valence-corrected chi connectivity index (χ0v) is 21.4. The van der Waals surface area contributed by atoms with Crippen LogP contribution in [0, 0.1) is 11.3 Å². The minimum Gasteiger partial charge on any atom is -0.481 e. The Morgan fingerprint density at radius 2 is 1.70 bits per heavy atom. The van der Waals surface area contributed by atoms with Crippen LogP contribution in [-0.4, -0.2) is 76.2 Å². The smallest absolute Gasteiger partial charge is 0.481 e. The van der Waals surface area contributed by atoms with Crippen LogP contribution in [0.15, 0.2) is 42.9 Å². The van der Waals surface area contributed by atoms with E-state index < -0.39 is 24.3 Å². The number of methoxy groups -OCH3 is 1. The quantitative estimate of drug-likeness (QED) is 0.453. The summed E-state index contributed by atoms with van der Waals surface area (Å²) in [5.74, 6) is -4.04. The van der Waals surface area contributed by atoms with Crippen LogP contribution in [0.25, 0.3) is 0 Å². The van der Waals surface area contributed by atoms with Gasteiger partial charge in [-0.25, -0.2) is 14.6 Å². The Labute approximate surface area is 225 Å². The zero-order valence-electron chi connectivity index (χ0n) is 21.4. The van der Waals surface area contributed by atoms with E-state index in [0.717, 1.165) is 43.6 Å². The topological polar surface area (TPSA) is 122 Å². The van der Waals surface area contributed by atoms with Gasteiger partial charge in [0.15, 0.2) is 0 Å². The average molecular weight is 582 g/mol. The second-order valence-corrected chi connectivity index (χ2v) is 9.25. The van der Waals surface area contributed by atoms with E-state index in [0.29, 0.717) is 12.0 Å². The lowest BCUT2D eigenvalue weighted by Gasteiger charge is -2.29. The molecule has 0 unspecified atom stereocenters. The molecule has 0 aromatic carbocycles. The molecular weight excluding hydrogens is 552 g/mol. The highest BCUT2D eigenvalue weighted by molar-refractivity contribution is 5.73. The predicted molar refractivity (Wildman–Crippen MR) is 127 cm³/mol. The van der Waals surface area contributed by atoms with Gasteiger partial charge in [-0.05, 0) is 36.5 Å². The Morgan fingerprint density at radius 3 is 2.25 bits per heavy atom. The molecule has 1 aliphatic carbocycles. The van der Waals surface area contributed by atoms with Crippen LogP contribution in [0.4, 0.5) is 26.3 Å². The summed E-state index contributed by atoms with van der Waals surface area (Å²) in [4.78, 5) is 28.8. The van der Waals surface area contributed by atoms with Gasteiger partial charge in [0.25, 0.3) is 0 Å². The summed E-state index contributed by atoms with van der Waals surface area (Å²) in [5, 5.41) is 14.2. The Hall–Kier alpha value is -3.46. The lowest BCUT2D eigenvalue weighted by atomic mass is 9.81. The van der Waals surface area contributed by atoms with E-state index in [1.54, 1.807) is 19.5 Å². The summed E-state index contributed by atoms with van der Waals surface area (Å²) in [6.07, 6.45) is -0.779. The number of alkyl halides is 6. The van der Waals surface area contributed by atoms with Gasteiger partial charge in [-0.1, -0.05) is 18.6 Å². The molecule has 0 bridgehead atoms. The van der Waals surface area contributed by atoms with Crippen molar-refractivity contribution < 1.29 is 55.6 Å². The number of aliphatic carboxylic acids is 2. The van der Waals surface area contributed by atoms with Crippen LogP contribution in [-0.2, 0) is 27.5 Å². The van der Waals surface area contributed by atoms with Crippen LogP contribution >= 0.6 is 0 Å². The van der Waals surface area contributed by atoms with Gasteiger partial charge in [0.1, 0.15) is 0 Å². The average Bonchev–Trinajstić information content (AvgIpc) is 3.41. The maximum atomic E-state index is 10.6. The largest absolute Gasteiger partial charge is 0.490 e. The molecule has 4 rings (SSSR count). The first-order chi connectivity index (χ1) is 18.7. The summed E-state index contributed by atoms with van der Waals surface area (Å²) in [6, 6.07) is 8.15. The van der Waals surface area contributed by atoms with Gasteiger partial charge < -0.3 is 19.7 Å². The molecule has 2 aromatic heterocycles. The van der Waals surface area contributed by atoms with Crippen molar-refractivity contribution in [2.24, 2.45) is 11.3 Å². The van der Waals surface area contributed by atoms with Gasteiger partial charge >= 0.3 is 24.3 Å². The molecule has 1 saturated heterocycles. The maximum absolute atomic E-state index is 10.6. The molecule has 9 nitrogen and oxygen atoms in total. The summed E-state index contributed by atoms with van der Waals surface area (Å²) >= 11 is 0. The minimum absolute atomic E-state index is 0.303. The number of ether oxygens (including phenoxy) is 2. The monoisotopic (exact) mass is 581 g/mol. The van der Waals surface area contributed by atoms with Crippen LogP contribution in [0.5, 0.6) is 5.88 Å². The van der Waals surface area contributed by atoms with E-state index in [1.165, 1.54) is 24.8 Å². The summed E-state index contributed by atoms with van der Waals surface area (Å²) < 4.78 is 75.0. The number of carboxylic acids is 2. The molecule has 1 saturated carbocycles. The number of pyridine rings is 2. The molecule has 3 heterocycles. The predicted octanol–water partition coefficient (Wildman–Crippen LogP) is 4.57. The minimum atomic E-state index is -5.08. The number of rotatable bonds is 7. The fraction of sp³-hybridized carbons (Fsp3) is 0.520. The molecule has 0 spiro atoms. The third-order valence-corrected chi connectivity index (χ3v) is 6.41. The van der Waals surface area contributed by atoms with E-state index in [-0.39, 0.29) is 0 Å². The fourth-order valence-electron chi connectivity index (χ4n) is 4.71. The molecule has 2 fully saturated rings. The molecule has 2 aromatic rings. The number of carbonyl (C=O) groups is 2. The lowest BCUT2D eigenvalue weighted by molar-refractivity contribution is -0.193. The molecule has 15 heteroatoms.